The summed E-state index contributed by atoms with van der Waals surface area (Å²) in [7, 11) is -0.984. The lowest BCUT2D eigenvalue weighted by molar-refractivity contribution is -0.142. The first-order chi connectivity index (χ1) is 21.6. The summed E-state index contributed by atoms with van der Waals surface area (Å²) >= 11 is 0. The average Bonchev–Trinajstić information content (AvgIpc) is 3.73. The van der Waals surface area contributed by atoms with Crippen LogP contribution in [0.25, 0.3) is 28.3 Å². The zero-order chi connectivity index (χ0) is 33.8. The average molecular weight is 647 g/mol. The van der Waals surface area contributed by atoms with Crippen LogP contribution in [0.2, 0.25) is 18.1 Å². The zero-order valence-electron chi connectivity index (χ0n) is 28.3. The molecule has 0 bridgehead atoms. The van der Waals surface area contributed by atoms with Gasteiger partial charge in [0.1, 0.15) is 11.5 Å². The molecule has 9 heteroatoms. The first-order valence-corrected chi connectivity index (χ1v) is 18.9. The van der Waals surface area contributed by atoms with Crippen molar-refractivity contribution in [1.82, 2.24) is 9.88 Å². The fourth-order valence-corrected chi connectivity index (χ4v) is 6.64. The van der Waals surface area contributed by atoms with Crippen LogP contribution in [0.3, 0.4) is 0 Å². The van der Waals surface area contributed by atoms with E-state index in [0.717, 1.165) is 35.1 Å². The number of hydrogen-bond acceptors (Lipinski definition) is 5. The van der Waals surface area contributed by atoms with E-state index in [2.05, 4.69) is 39.2 Å². The van der Waals surface area contributed by atoms with E-state index in [1.807, 2.05) is 48.7 Å². The molecule has 1 aliphatic carbocycles. The summed E-state index contributed by atoms with van der Waals surface area (Å²) in [4.78, 5) is 39.9. The first-order valence-electron chi connectivity index (χ1n) is 16.0. The fourth-order valence-electron chi connectivity index (χ4n) is 5.29. The van der Waals surface area contributed by atoms with Gasteiger partial charge in [0.05, 0.1) is 25.3 Å². The minimum absolute atomic E-state index is 0.00700. The van der Waals surface area contributed by atoms with Crippen LogP contribution in [-0.4, -0.2) is 49.8 Å². The molecule has 1 N–H and O–H groups in total. The summed E-state index contributed by atoms with van der Waals surface area (Å²) in [6, 6.07) is 15.8. The summed E-state index contributed by atoms with van der Waals surface area (Å²) < 4.78 is 27.5. The maximum Gasteiger partial charge on any atom is 0.308 e. The number of carbonyl (C=O) groups excluding carboxylic acids is 3. The lowest BCUT2D eigenvalue weighted by Gasteiger charge is -2.39. The normalized spacial score (nSPS) is 14.5. The lowest BCUT2D eigenvalue weighted by Crippen LogP contribution is -2.44. The molecule has 1 amide bonds. The van der Waals surface area contributed by atoms with Gasteiger partial charge in [-0.2, -0.15) is 0 Å². The molecule has 1 aromatic heterocycles. The Bertz CT molecular complexity index is 1580. The Balaban J connectivity index is 1.85. The van der Waals surface area contributed by atoms with Crippen molar-refractivity contribution in [2.45, 2.75) is 96.6 Å². The first kappa shape index (κ1) is 35.0. The number of ether oxygens (including phenoxy) is 1. The third-order valence-electron chi connectivity index (χ3n) is 8.83. The Morgan fingerprint density at radius 3 is 2.13 bits per heavy atom. The van der Waals surface area contributed by atoms with Gasteiger partial charge in [-0.15, -0.1) is 0 Å². The number of rotatable bonds is 13. The van der Waals surface area contributed by atoms with Gasteiger partial charge in [-0.25, -0.2) is 4.39 Å². The third kappa shape index (κ3) is 8.30. The minimum Gasteiger partial charge on any atom is -0.469 e. The van der Waals surface area contributed by atoms with Crippen molar-refractivity contribution in [3.63, 3.8) is 0 Å². The monoisotopic (exact) mass is 646 g/mol. The van der Waals surface area contributed by atoms with Crippen LogP contribution in [0.4, 0.5) is 4.39 Å². The van der Waals surface area contributed by atoms with Crippen molar-refractivity contribution in [2.24, 2.45) is 0 Å². The molecule has 0 radical (unpaired) electrons. The molecule has 0 spiro atoms. The summed E-state index contributed by atoms with van der Waals surface area (Å²) in [5.74, 6) is -1.22. The van der Waals surface area contributed by atoms with Crippen LogP contribution in [-0.2, 0) is 18.8 Å². The quantitative estimate of drug-likeness (QED) is 0.115. The van der Waals surface area contributed by atoms with E-state index in [1.54, 1.807) is 18.2 Å². The molecular weight excluding hydrogens is 600 g/mol. The highest BCUT2D eigenvalue weighted by Crippen LogP contribution is 2.43. The SMILES string of the molecule is COC(=O)C[C@@H](CC(=O)/C=C/c1c(-c2ccc(F)cc2)c(-c2ccccc2)c(C(=O)NC2CC2)n1C(C)C)O[Si](C)(C)C(C)(C)C. The Kier molecular flexibility index (Phi) is 10.9. The second kappa shape index (κ2) is 14.3. The van der Waals surface area contributed by atoms with E-state index >= 15 is 0 Å². The number of ketones is 1. The third-order valence-corrected chi connectivity index (χ3v) is 13.4. The van der Waals surface area contributed by atoms with Gasteiger partial charge >= 0.3 is 5.97 Å². The maximum absolute atomic E-state index is 14.1. The van der Waals surface area contributed by atoms with Crippen molar-refractivity contribution >= 4 is 32.1 Å². The summed E-state index contributed by atoms with van der Waals surface area (Å²) in [6.45, 7) is 14.5. The van der Waals surface area contributed by atoms with Crippen LogP contribution in [0.15, 0.2) is 60.7 Å². The van der Waals surface area contributed by atoms with Crippen LogP contribution in [0, 0.1) is 5.82 Å². The van der Waals surface area contributed by atoms with Crippen molar-refractivity contribution in [2.75, 3.05) is 7.11 Å². The molecule has 2 aromatic carbocycles. The Morgan fingerprint density at radius 2 is 1.59 bits per heavy atom. The van der Waals surface area contributed by atoms with Crippen molar-refractivity contribution in [3.8, 4) is 22.3 Å². The van der Waals surface area contributed by atoms with Gasteiger partial charge in [0.2, 0.25) is 0 Å². The molecule has 1 atom stereocenters. The molecule has 1 heterocycles. The van der Waals surface area contributed by atoms with E-state index in [1.165, 1.54) is 25.3 Å². The van der Waals surface area contributed by atoms with E-state index < -0.39 is 20.4 Å². The van der Waals surface area contributed by atoms with Gasteiger partial charge in [-0.3, -0.25) is 14.4 Å². The van der Waals surface area contributed by atoms with Crippen LogP contribution >= 0.6 is 0 Å². The summed E-state index contributed by atoms with van der Waals surface area (Å²) in [5, 5.41) is 3.04. The van der Waals surface area contributed by atoms with Gasteiger partial charge < -0.3 is 19.0 Å². The van der Waals surface area contributed by atoms with E-state index in [4.69, 9.17) is 9.16 Å². The molecule has 1 saturated carbocycles. The van der Waals surface area contributed by atoms with Gasteiger partial charge in [-0.05, 0) is 80.2 Å². The predicted octanol–water partition coefficient (Wildman–Crippen LogP) is 8.36. The number of benzene rings is 2. The van der Waals surface area contributed by atoms with E-state index in [0.29, 0.717) is 11.4 Å². The molecule has 246 valence electrons. The van der Waals surface area contributed by atoms with E-state index in [9.17, 15) is 18.8 Å². The largest absolute Gasteiger partial charge is 0.469 e. The molecule has 1 aliphatic rings. The Hall–Kier alpha value is -3.82. The topological polar surface area (TPSA) is 86.6 Å². The molecule has 4 rings (SSSR count). The molecular formula is C37H47FN2O5Si. The molecule has 3 aromatic rings. The molecule has 46 heavy (non-hydrogen) atoms. The van der Waals surface area contributed by atoms with Gasteiger partial charge in [0.25, 0.3) is 5.91 Å². The minimum atomic E-state index is -2.31. The number of amides is 1. The highest BCUT2D eigenvalue weighted by Gasteiger charge is 2.40. The van der Waals surface area contributed by atoms with Crippen LogP contribution in [0.1, 0.15) is 82.5 Å². The van der Waals surface area contributed by atoms with E-state index in [-0.39, 0.29) is 47.5 Å². The Labute approximate surface area is 273 Å². The number of nitrogens with zero attached hydrogens (tertiary/aromatic N) is 1. The number of allylic oxidation sites excluding steroid dienone is 1. The van der Waals surface area contributed by atoms with Crippen LogP contribution in [0.5, 0.6) is 0 Å². The number of aromatic nitrogens is 1. The summed E-state index contributed by atoms with van der Waals surface area (Å²) in [6.07, 6.45) is 4.43. The number of carbonyl (C=O) groups is 3. The second-order valence-corrected chi connectivity index (χ2v) is 18.6. The molecule has 1 fully saturated rings. The predicted molar refractivity (Wildman–Crippen MR) is 183 cm³/mol. The van der Waals surface area contributed by atoms with Gasteiger partial charge in [0, 0.05) is 29.6 Å². The standard InChI is InChI=1S/C37H47FN2O5Si/c1-24(2)40-31(21-20-29(41)22-30(23-32(42)44-6)45-46(7,8)37(3,4)5)33(26-14-16-27(38)17-15-26)34(25-12-10-9-11-13-25)35(40)36(43)39-28-18-19-28/h9-17,20-21,24,28,30H,18-19,22-23H2,1-8H3,(H,39,43)/b21-20+/t30-/m1/s1. The van der Waals surface area contributed by atoms with Crippen molar-refractivity contribution in [3.05, 3.63) is 77.9 Å². The lowest BCUT2D eigenvalue weighted by atomic mass is 9.94. The highest BCUT2D eigenvalue weighted by atomic mass is 28.4. The highest BCUT2D eigenvalue weighted by molar-refractivity contribution is 6.74. The number of halogens is 1. The van der Waals surface area contributed by atoms with Crippen LogP contribution < -0.4 is 5.32 Å². The molecule has 7 nitrogen and oxygen atoms in total. The maximum atomic E-state index is 14.1. The van der Waals surface area contributed by atoms with Crippen molar-refractivity contribution < 1.29 is 27.9 Å². The van der Waals surface area contributed by atoms with Crippen molar-refractivity contribution in [1.29, 1.82) is 0 Å². The van der Waals surface area contributed by atoms with Gasteiger partial charge in [-0.1, -0.05) is 63.2 Å². The number of hydrogen-bond donors (Lipinski definition) is 1. The molecule has 0 aliphatic heterocycles. The number of methoxy groups -OCH3 is 1. The smallest absolute Gasteiger partial charge is 0.308 e. The molecule has 0 saturated heterocycles. The number of nitrogens with one attached hydrogen (secondary N) is 1. The second-order valence-electron chi connectivity index (χ2n) is 13.9. The fraction of sp³-hybridized carbons (Fsp3) is 0.432. The zero-order valence-corrected chi connectivity index (χ0v) is 29.3. The van der Waals surface area contributed by atoms with Gasteiger partial charge in [0.15, 0.2) is 14.1 Å². The summed E-state index contributed by atoms with van der Waals surface area (Å²) in [5.41, 5.74) is 4.15. The number of esters is 1. The Morgan fingerprint density at radius 1 is 0.978 bits per heavy atom. The molecule has 0 unspecified atom stereocenters.